The van der Waals surface area contributed by atoms with Gasteiger partial charge in [-0.15, -0.1) is 0 Å². The molecule has 2 unspecified atom stereocenters. The lowest BCUT2D eigenvalue weighted by Gasteiger charge is -2.34. The van der Waals surface area contributed by atoms with Gasteiger partial charge in [-0.05, 0) is 30.9 Å². The molecule has 0 aliphatic carbocycles. The number of nitrogens with one attached hydrogen (secondary N) is 1. The van der Waals surface area contributed by atoms with Gasteiger partial charge in [0.1, 0.15) is 5.54 Å². The van der Waals surface area contributed by atoms with Gasteiger partial charge in [-0.25, -0.2) is 4.79 Å². The molecule has 0 aromatic heterocycles. The molecule has 0 fully saturated rings. The Morgan fingerprint density at radius 3 is 2.55 bits per heavy atom. The van der Waals surface area contributed by atoms with E-state index in [1.165, 1.54) is 7.11 Å². The van der Waals surface area contributed by atoms with E-state index in [1.54, 1.807) is 0 Å². The fourth-order valence-electron chi connectivity index (χ4n) is 2.32. The molecule has 0 aliphatic heterocycles. The van der Waals surface area contributed by atoms with Gasteiger partial charge in [0.25, 0.3) is 0 Å². The minimum Gasteiger partial charge on any atom is -0.467 e. The summed E-state index contributed by atoms with van der Waals surface area (Å²) < 4.78 is 5.02. The molecule has 0 heterocycles. The van der Waals surface area contributed by atoms with Crippen LogP contribution < -0.4 is 5.32 Å². The highest BCUT2D eigenvalue weighted by Crippen LogP contribution is 2.31. The van der Waals surface area contributed by atoms with Crippen LogP contribution in [0, 0.1) is 5.92 Å². The summed E-state index contributed by atoms with van der Waals surface area (Å²) in [5.74, 6) is 0.184. The summed E-state index contributed by atoms with van der Waals surface area (Å²) in [6, 6.07) is 7.46. The third-order valence-corrected chi connectivity index (χ3v) is 4.15. The largest absolute Gasteiger partial charge is 0.467 e. The molecule has 0 saturated carbocycles. The molecule has 0 radical (unpaired) electrons. The molecule has 0 aliphatic rings. The topological polar surface area (TPSA) is 38.3 Å². The number of benzene rings is 1. The first-order valence-electron chi connectivity index (χ1n) is 7.10. The van der Waals surface area contributed by atoms with Crippen molar-refractivity contribution in [2.24, 2.45) is 5.92 Å². The first kappa shape index (κ1) is 16.8. The van der Waals surface area contributed by atoms with Crippen molar-refractivity contribution in [2.45, 2.75) is 45.6 Å². The van der Waals surface area contributed by atoms with Crippen LogP contribution in [0.2, 0.25) is 5.02 Å². The van der Waals surface area contributed by atoms with Crippen molar-refractivity contribution in [3.8, 4) is 0 Å². The van der Waals surface area contributed by atoms with Crippen LogP contribution in [-0.4, -0.2) is 18.6 Å². The minimum absolute atomic E-state index is 0.236. The Morgan fingerprint density at radius 1 is 1.40 bits per heavy atom. The van der Waals surface area contributed by atoms with E-state index in [2.05, 4.69) is 19.2 Å². The average molecular weight is 298 g/mol. The van der Waals surface area contributed by atoms with Gasteiger partial charge in [-0.3, -0.25) is 0 Å². The Balaban J connectivity index is 3.09. The van der Waals surface area contributed by atoms with Crippen LogP contribution in [-0.2, 0) is 9.53 Å². The Labute approximate surface area is 126 Å². The van der Waals surface area contributed by atoms with E-state index in [1.807, 2.05) is 31.2 Å². The van der Waals surface area contributed by atoms with Crippen molar-refractivity contribution < 1.29 is 9.53 Å². The van der Waals surface area contributed by atoms with Crippen LogP contribution in [0.15, 0.2) is 24.3 Å². The maximum absolute atomic E-state index is 12.3. The molecule has 0 bridgehead atoms. The maximum atomic E-state index is 12.3. The minimum atomic E-state index is -0.727. The van der Waals surface area contributed by atoms with Crippen LogP contribution in [0.25, 0.3) is 0 Å². The Morgan fingerprint density at radius 2 is 2.05 bits per heavy atom. The second kappa shape index (κ2) is 7.53. The van der Waals surface area contributed by atoms with Gasteiger partial charge in [-0.1, -0.05) is 50.9 Å². The van der Waals surface area contributed by atoms with Crippen molar-refractivity contribution in [3.05, 3.63) is 29.3 Å². The summed E-state index contributed by atoms with van der Waals surface area (Å²) in [4.78, 5) is 12.3. The molecule has 3 nitrogen and oxygen atoms in total. The van der Waals surface area contributed by atoms with E-state index >= 15 is 0 Å². The maximum Gasteiger partial charge on any atom is 0.331 e. The average Bonchev–Trinajstić information content (AvgIpc) is 2.47. The summed E-state index contributed by atoms with van der Waals surface area (Å²) in [6.45, 7) is 6.25. The quantitative estimate of drug-likeness (QED) is 0.753. The van der Waals surface area contributed by atoms with Crippen LogP contribution in [0.1, 0.15) is 40.0 Å². The number of rotatable bonds is 7. The van der Waals surface area contributed by atoms with Gasteiger partial charge >= 0.3 is 5.97 Å². The molecule has 4 heteroatoms. The van der Waals surface area contributed by atoms with Gasteiger partial charge in [0, 0.05) is 0 Å². The molecule has 1 rings (SSSR count). The van der Waals surface area contributed by atoms with Gasteiger partial charge in [0.15, 0.2) is 0 Å². The number of carbonyl (C=O) groups is 1. The molecule has 2 atom stereocenters. The SMILES string of the molecule is CCC(C)CC(CC)(Nc1ccccc1Cl)C(=O)OC. The summed E-state index contributed by atoms with van der Waals surface area (Å²) in [6.07, 6.45) is 2.38. The lowest BCUT2D eigenvalue weighted by Crippen LogP contribution is -2.48. The summed E-state index contributed by atoms with van der Waals surface area (Å²) >= 11 is 6.19. The third-order valence-electron chi connectivity index (χ3n) is 3.82. The molecular formula is C16H24ClNO2. The molecule has 20 heavy (non-hydrogen) atoms. The van der Waals surface area contributed by atoms with Crippen LogP contribution >= 0.6 is 11.6 Å². The van der Waals surface area contributed by atoms with Crippen LogP contribution in [0.4, 0.5) is 5.69 Å². The first-order valence-corrected chi connectivity index (χ1v) is 7.48. The highest BCUT2D eigenvalue weighted by Gasteiger charge is 2.39. The number of anilines is 1. The smallest absolute Gasteiger partial charge is 0.331 e. The van der Waals surface area contributed by atoms with E-state index in [0.717, 1.165) is 18.5 Å². The summed E-state index contributed by atoms with van der Waals surface area (Å²) in [5.41, 5.74) is 0.0412. The molecule has 1 aromatic rings. The summed E-state index contributed by atoms with van der Waals surface area (Å²) in [5, 5.41) is 3.93. The van der Waals surface area contributed by atoms with E-state index in [4.69, 9.17) is 16.3 Å². The second-order valence-corrected chi connectivity index (χ2v) is 5.66. The molecular weight excluding hydrogens is 274 g/mol. The van der Waals surface area contributed by atoms with E-state index < -0.39 is 5.54 Å². The number of hydrogen-bond acceptors (Lipinski definition) is 3. The van der Waals surface area contributed by atoms with Crippen molar-refractivity contribution >= 4 is 23.3 Å². The number of halogens is 1. The number of hydrogen-bond donors (Lipinski definition) is 1. The number of carbonyl (C=O) groups excluding carboxylic acids is 1. The highest BCUT2D eigenvalue weighted by molar-refractivity contribution is 6.33. The standard InChI is InChI=1S/C16H24ClNO2/c1-5-12(3)11-16(6-2,15(19)20-4)18-14-10-8-7-9-13(14)17/h7-10,12,18H,5-6,11H2,1-4H3. The van der Waals surface area contributed by atoms with Gasteiger partial charge in [0.2, 0.25) is 0 Å². The molecule has 0 amide bonds. The van der Waals surface area contributed by atoms with Crippen molar-refractivity contribution in [1.29, 1.82) is 0 Å². The lowest BCUT2D eigenvalue weighted by molar-refractivity contribution is -0.146. The molecule has 1 aromatic carbocycles. The number of methoxy groups -OCH3 is 1. The Hall–Kier alpha value is -1.22. The Kier molecular flexibility index (Phi) is 6.34. The number of esters is 1. The third kappa shape index (κ3) is 3.89. The summed E-state index contributed by atoms with van der Waals surface area (Å²) in [7, 11) is 1.43. The zero-order chi connectivity index (χ0) is 15.2. The lowest BCUT2D eigenvalue weighted by atomic mass is 9.84. The predicted octanol–water partition coefficient (Wildman–Crippen LogP) is 4.51. The molecule has 0 saturated heterocycles. The molecule has 1 N–H and O–H groups in total. The van der Waals surface area contributed by atoms with Gasteiger partial charge < -0.3 is 10.1 Å². The first-order chi connectivity index (χ1) is 9.49. The van der Waals surface area contributed by atoms with Crippen molar-refractivity contribution in [3.63, 3.8) is 0 Å². The van der Waals surface area contributed by atoms with Crippen LogP contribution in [0.3, 0.4) is 0 Å². The van der Waals surface area contributed by atoms with E-state index in [9.17, 15) is 4.79 Å². The van der Waals surface area contributed by atoms with Gasteiger partial charge in [0.05, 0.1) is 17.8 Å². The highest BCUT2D eigenvalue weighted by atomic mass is 35.5. The number of para-hydroxylation sites is 1. The van der Waals surface area contributed by atoms with E-state index in [0.29, 0.717) is 17.4 Å². The zero-order valence-corrected chi connectivity index (χ0v) is 13.5. The van der Waals surface area contributed by atoms with Crippen molar-refractivity contribution in [1.82, 2.24) is 0 Å². The molecule has 0 spiro atoms. The Bertz CT molecular complexity index is 450. The normalized spacial score (nSPS) is 15.2. The van der Waals surface area contributed by atoms with Crippen LogP contribution in [0.5, 0.6) is 0 Å². The van der Waals surface area contributed by atoms with Gasteiger partial charge in [-0.2, -0.15) is 0 Å². The monoisotopic (exact) mass is 297 g/mol. The molecule has 112 valence electrons. The van der Waals surface area contributed by atoms with Crippen molar-refractivity contribution in [2.75, 3.05) is 12.4 Å². The fourth-order valence-corrected chi connectivity index (χ4v) is 2.50. The second-order valence-electron chi connectivity index (χ2n) is 5.25. The zero-order valence-electron chi connectivity index (χ0n) is 12.7. The predicted molar refractivity (Wildman–Crippen MR) is 84.2 cm³/mol. The van der Waals surface area contributed by atoms with E-state index in [-0.39, 0.29) is 5.97 Å². The number of ether oxygens (including phenoxy) is 1. The fraction of sp³-hybridized carbons (Fsp3) is 0.562.